The number of pyridine rings is 1. The zero-order valence-corrected chi connectivity index (χ0v) is 12.5. The van der Waals surface area contributed by atoms with Gasteiger partial charge in [-0.25, -0.2) is 4.39 Å². The third-order valence-corrected chi connectivity index (χ3v) is 3.62. The first-order valence-corrected chi connectivity index (χ1v) is 6.99. The predicted octanol–water partition coefficient (Wildman–Crippen LogP) is 6.23. The zero-order chi connectivity index (χ0) is 14.7. The first kappa shape index (κ1) is 14.8. The highest BCUT2D eigenvalue weighted by Gasteiger charge is 2.18. The van der Waals surface area contributed by atoms with E-state index in [4.69, 9.17) is 16.3 Å². The molecule has 0 aliphatic heterocycles. The second-order valence-corrected chi connectivity index (χ2v) is 5.23. The number of hydrogen-bond acceptors (Lipinski definition) is 2. The highest BCUT2D eigenvalue weighted by atomic mass is 35.5. The average molecular weight is 300 g/mol. The van der Waals surface area contributed by atoms with Crippen LogP contribution in [0.5, 0.6) is 11.5 Å². The van der Waals surface area contributed by atoms with Crippen molar-refractivity contribution in [3.8, 4) is 11.5 Å². The molecule has 0 amide bonds. The van der Waals surface area contributed by atoms with Crippen LogP contribution in [-0.4, -0.2) is 4.98 Å². The van der Waals surface area contributed by atoms with E-state index in [1.807, 2.05) is 20.8 Å². The van der Waals surface area contributed by atoms with Crippen molar-refractivity contribution in [1.29, 1.82) is 0 Å². The SMILES string of the molecule is CC[C@@H](C)c1ccc(Cl)c(Oc2ccc(C)nc2)c1F.[HH].[HH].[HH]. The number of aryl methyl sites for hydroxylation is 1. The first-order chi connectivity index (χ1) is 9.52. The maximum Gasteiger partial charge on any atom is 0.181 e. The van der Waals surface area contributed by atoms with E-state index >= 15 is 0 Å². The fourth-order valence-electron chi connectivity index (χ4n) is 1.87. The number of nitrogens with zero attached hydrogens (tertiary/aromatic N) is 1. The van der Waals surface area contributed by atoms with Crippen LogP contribution in [-0.2, 0) is 0 Å². The van der Waals surface area contributed by atoms with Crippen molar-refractivity contribution in [2.45, 2.75) is 33.1 Å². The molecule has 0 bridgehead atoms. The normalized spacial score (nSPS) is 12.2. The van der Waals surface area contributed by atoms with Gasteiger partial charge in [0, 0.05) is 9.97 Å². The quantitative estimate of drug-likeness (QED) is 0.668. The molecule has 0 aliphatic rings. The lowest BCUT2D eigenvalue weighted by Gasteiger charge is -2.15. The van der Waals surface area contributed by atoms with Gasteiger partial charge in [-0.2, -0.15) is 0 Å². The van der Waals surface area contributed by atoms with Crippen molar-refractivity contribution in [3.05, 3.63) is 52.6 Å². The lowest BCUT2D eigenvalue weighted by atomic mass is 9.98. The Morgan fingerprint density at radius 2 is 2.10 bits per heavy atom. The minimum absolute atomic E-state index is 0. The Balaban J connectivity index is 0. The molecule has 1 atom stereocenters. The van der Waals surface area contributed by atoms with Gasteiger partial charge in [-0.3, -0.25) is 4.98 Å². The second kappa shape index (κ2) is 6.23. The summed E-state index contributed by atoms with van der Waals surface area (Å²) in [5.74, 6) is 0.256. The third-order valence-electron chi connectivity index (χ3n) is 3.33. The van der Waals surface area contributed by atoms with E-state index in [1.54, 1.807) is 30.5 Å². The number of halogens is 2. The van der Waals surface area contributed by atoms with E-state index in [1.165, 1.54) is 0 Å². The molecule has 1 heterocycles. The van der Waals surface area contributed by atoms with E-state index in [0.717, 1.165) is 12.1 Å². The minimum atomic E-state index is -0.396. The summed E-state index contributed by atoms with van der Waals surface area (Å²) in [7, 11) is 0. The molecule has 0 saturated heterocycles. The summed E-state index contributed by atoms with van der Waals surface area (Å²) in [5.41, 5.74) is 1.49. The third kappa shape index (κ3) is 3.10. The summed E-state index contributed by atoms with van der Waals surface area (Å²) in [6, 6.07) is 6.93. The van der Waals surface area contributed by atoms with Crippen LogP contribution in [0.3, 0.4) is 0 Å². The maximum atomic E-state index is 14.5. The topological polar surface area (TPSA) is 22.1 Å². The summed E-state index contributed by atoms with van der Waals surface area (Å²) in [5, 5.41) is 0.259. The molecule has 4 heteroatoms. The van der Waals surface area contributed by atoms with E-state index in [0.29, 0.717) is 11.3 Å². The van der Waals surface area contributed by atoms with Gasteiger partial charge in [0.25, 0.3) is 0 Å². The highest BCUT2D eigenvalue weighted by Crippen LogP contribution is 2.36. The van der Waals surface area contributed by atoms with Gasteiger partial charge in [0.1, 0.15) is 5.75 Å². The molecule has 0 N–H and O–H groups in total. The van der Waals surface area contributed by atoms with Crippen LogP contribution in [0.1, 0.15) is 41.7 Å². The molecular formula is C16H23ClFNO. The fraction of sp³-hybridized carbons (Fsp3) is 0.312. The van der Waals surface area contributed by atoms with Crippen molar-refractivity contribution >= 4 is 11.6 Å². The number of ether oxygens (including phenoxy) is 1. The summed E-state index contributed by atoms with van der Waals surface area (Å²) >= 11 is 6.05. The first-order valence-electron chi connectivity index (χ1n) is 6.61. The van der Waals surface area contributed by atoms with Crippen LogP contribution >= 0.6 is 11.6 Å². The van der Waals surface area contributed by atoms with Gasteiger partial charge in [-0.05, 0) is 43.0 Å². The maximum absolute atomic E-state index is 14.5. The number of aromatic nitrogens is 1. The Bertz CT molecular complexity index is 611. The van der Waals surface area contributed by atoms with Crippen molar-refractivity contribution in [1.82, 2.24) is 4.98 Å². The molecule has 20 heavy (non-hydrogen) atoms. The summed E-state index contributed by atoms with van der Waals surface area (Å²) in [6.45, 7) is 5.87. The molecule has 0 radical (unpaired) electrons. The molecule has 0 aliphatic carbocycles. The molecular weight excluding hydrogens is 277 g/mol. The summed E-state index contributed by atoms with van der Waals surface area (Å²) < 4.78 is 20.1. The van der Waals surface area contributed by atoms with Crippen molar-refractivity contribution in [2.75, 3.05) is 0 Å². The van der Waals surface area contributed by atoms with E-state index in [-0.39, 0.29) is 21.0 Å². The Hall–Kier alpha value is -1.61. The van der Waals surface area contributed by atoms with E-state index < -0.39 is 5.82 Å². The Morgan fingerprint density at radius 3 is 2.70 bits per heavy atom. The standard InChI is InChI=1S/C16H17ClFNO.3H2/c1-4-10(2)13-7-8-14(17)16(15(13)18)20-12-6-5-11(3)19-9-12;;;/h5-10H,4H2,1-3H3;3*1H/t10-;;;/m1.../s1. The molecule has 0 fully saturated rings. The van der Waals surface area contributed by atoms with Gasteiger partial charge in [-0.15, -0.1) is 0 Å². The molecule has 1 aromatic carbocycles. The molecule has 1 aromatic heterocycles. The van der Waals surface area contributed by atoms with Crippen LogP contribution in [0, 0.1) is 12.7 Å². The van der Waals surface area contributed by atoms with Crippen molar-refractivity contribution in [2.24, 2.45) is 0 Å². The van der Waals surface area contributed by atoms with E-state index in [2.05, 4.69) is 4.98 Å². The fourth-order valence-corrected chi connectivity index (χ4v) is 2.06. The van der Waals surface area contributed by atoms with Crippen molar-refractivity contribution in [3.63, 3.8) is 0 Å². The van der Waals surface area contributed by atoms with Gasteiger partial charge in [0.2, 0.25) is 0 Å². The number of benzene rings is 1. The number of hydrogen-bond donors (Lipinski definition) is 0. The monoisotopic (exact) mass is 299 g/mol. The largest absolute Gasteiger partial charge is 0.451 e. The molecule has 2 nitrogen and oxygen atoms in total. The van der Waals surface area contributed by atoms with Crippen LogP contribution in [0.4, 0.5) is 4.39 Å². The molecule has 0 spiro atoms. The second-order valence-electron chi connectivity index (χ2n) is 4.83. The number of rotatable bonds is 4. The average Bonchev–Trinajstić information content (AvgIpc) is 2.45. The van der Waals surface area contributed by atoms with Crippen molar-refractivity contribution < 1.29 is 13.4 Å². The molecule has 0 saturated carbocycles. The minimum Gasteiger partial charge on any atom is -0.451 e. The highest BCUT2D eigenvalue weighted by molar-refractivity contribution is 6.32. The molecule has 2 rings (SSSR count). The van der Waals surface area contributed by atoms with Crippen LogP contribution in [0.2, 0.25) is 5.02 Å². The Labute approximate surface area is 128 Å². The van der Waals surface area contributed by atoms with Crippen LogP contribution < -0.4 is 4.74 Å². The van der Waals surface area contributed by atoms with Crippen LogP contribution in [0.25, 0.3) is 0 Å². The smallest absolute Gasteiger partial charge is 0.181 e. The van der Waals surface area contributed by atoms with Gasteiger partial charge in [0.15, 0.2) is 11.6 Å². The zero-order valence-electron chi connectivity index (χ0n) is 11.8. The Morgan fingerprint density at radius 1 is 1.35 bits per heavy atom. The lowest BCUT2D eigenvalue weighted by molar-refractivity contribution is 0.433. The Kier molecular flexibility index (Phi) is 4.61. The van der Waals surface area contributed by atoms with Gasteiger partial charge in [0.05, 0.1) is 11.2 Å². The molecule has 0 unspecified atom stereocenters. The summed E-state index contributed by atoms with van der Waals surface area (Å²) in [6.07, 6.45) is 2.41. The molecule has 112 valence electrons. The van der Waals surface area contributed by atoms with Gasteiger partial charge < -0.3 is 4.74 Å². The summed E-state index contributed by atoms with van der Waals surface area (Å²) in [4.78, 5) is 4.12. The van der Waals surface area contributed by atoms with Gasteiger partial charge >= 0.3 is 0 Å². The molecule has 2 aromatic rings. The lowest BCUT2D eigenvalue weighted by Crippen LogP contribution is -1.99. The predicted molar refractivity (Wildman–Crippen MR) is 85.5 cm³/mol. The van der Waals surface area contributed by atoms with Crippen LogP contribution in [0.15, 0.2) is 30.5 Å². The van der Waals surface area contributed by atoms with Gasteiger partial charge in [-0.1, -0.05) is 31.5 Å². The van der Waals surface area contributed by atoms with E-state index in [9.17, 15) is 4.39 Å².